The van der Waals surface area contributed by atoms with Crippen molar-refractivity contribution in [1.29, 1.82) is 0 Å². The second-order valence-electron chi connectivity index (χ2n) is 5.49. The number of hydrogen-bond donors (Lipinski definition) is 1. The lowest BCUT2D eigenvalue weighted by molar-refractivity contribution is -0.119. The van der Waals surface area contributed by atoms with Gasteiger partial charge in [-0.25, -0.2) is 0 Å². The van der Waals surface area contributed by atoms with E-state index in [0.717, 1.165) is 30.8 Å². The van der Waals surface area contributed by atoms with Gasteiger partial charge in [0.25, 0.3) is 0 Å². The molecule has 0 saturated carbocycles. The zero-order valence-electron chi connectivity index (χ0n) is 12.4. The van der Waals surface area contributed by atoms with Gasteiger partial charge in [-0.1, -0.05) is 26.8 Å². The maximum absolute atomic E-state index is 12.0. The molecular weight excluding hydrogens is 252 g/mol. The molecule has 2 rings (SSSR count). The zero-order chi connectivity index (χ0) is 14.7. The minimum Gasteiger partial charge on any atom is -0.326 e. The molecule has 20 heavy (non-hydrogen) atoms. The summed E-state index contributed by atoms with van der Waals surface area (Å²) >= 11 is 0. The first-order valence-electron chi connectivity index (χ1n) is 7.27. The van der Waals surface area contributed by atoms with Gasteiger partial charge in [0.15, 0.2) is 0 Å². The van der Waals surface area contributed by atoms with E-state index in [2.05, 4.69) is 5.32 Å². The van der Waals surface area contributed by atoms with Crippen molar-refractivity contribution < 1.29 is 9.59 Å². The molecule has 0 radical (unpaired) electrons. The van der Waals surface area contributed by atoms with Crippen LogP contribution in [0, 0.1) is 5.92 Å². The quantitative estimate of drug-likeness (QED) is 0.921. The van der Waals surface area contributed by atoms with Crippen molar-refractivity contribution in [2.24, 2.45) is 5.92 Å². The molecule has 108 valence electrons. The molecule has 2 amide bonds. The van der Waals surface area contributed by atoms with Crippen molar-refractivity contribution in [2.45, 2.75) is 40.0 Å². The minimum absolute atomic E-state index is 0.00544. The van der Waals surface area contributed by atoms with E-state index in [4.69, 9.17) is 0 Å². The molecule has 0 unspecified atom stereocenters. The number of carbonyl (C=O) groups is 2. The predicted molar refractivity (Wildman–Crippen MR) is 80.9 cm³/mol. The molecule has 4 heteroatoms. The Morgan fingerprint density at radius 2 is 2.10 bits per heavy atom. The summed E-state index contributed by atoms with van der Waals surface area (Å²) in [5.41, 5.74) is 2.89. The van der Waals surface area contributed by atoms with Gasteiger partial charge in [-0.3, -0.25) is 9.59 Å². The Balaban J connectivity index is 2.28. The molecule has 0 saturated heterocycles. The molecule has 1 aromatic carbocycles. The Bertz CT molecular complexity index is 523. The van der Waals surface area contributed by atoms with Crippen LogP contribution in [0.25, 0.3) is 0 Å². The fraction of sp³-hybridized carbons (Fsp3) is 0.500. The minimum atomic E-state index is -0.0561. The van der Waals surface area contributed by atoms with Crippen LogP contribution in [0.15, 0.2) is 18.2 Å². The first-order valence-corrected chi connectivity index (χ1v) is 7.27. The van der Waals surface area contributed by atoms with Crippen LogP contribution in [0.5, 0.6) is 0 Å². The largest absolute Gasteiger partial charge is 0.326 e. The first-order chi connectivity index (χ1) is 9.52. The summed E-state index contributed by atoms with van der Waals surface area (Å²) in [7, 11) is 0. The standard InChI is InChI=1S/C16H22N2O2/c1-4-15(19)18-9-5-6-12-7-8-13(10-14(12)18)17-16(20)11(2)3/h7-8,10-11H,4-6,9H2,1-3H3,(H,17,20). The summed E-state index contributed by atoms with van der Waals surface area (Å²) < 4.78 is 0. The highest BCUT2D eigenvalue weighted by molar-refractivity contribution is 5.97. The van der Waals surface area contributed by atoms with Gasteiger partial charge in [0.1, 0.15) is 0 Å². The Hall–Kier alpha value is -1.84. The second-order valence-corrected chi connectivity index (χ2v) is 5.49. The van der Waals surface area contributed by atoms with Crippen molar-refractivity contribution >= 4 is 23.2 Å². The van der Waals surface area contributed by atoms with Crippen LogP contribution < -0.4 is 10.2 Å². The normalized spacial score (nSPS) is 14.1. The number of nitrogens with one attached hydrogen (secondary N) is 1. The number of benzene rings is 1. The van der Waals surface area contributed by atoms with Crippen LogP contribution >= 0.6 is 0 Å². The van der Waals surface area contributed by atoms with E-state index in [0.29, 0.717) is 6.42 Å². The van der Waals surface area contributed by atoms with Crippen molar-refractivity contribution in [3.05, 3.63) is 23.8 Å². The summed E-state index contributed by atoms with van der Waals surface area (Å²) in [4.78, 5) is 25.6. The van der Waals surface area contributed by atoms with Crippen LogP contribution in [-0.4, -0.2) is 18.4 Å². The lowest BCUT2D eigenvalue weighted by Crippen LogP contribution is -2.35. The molecule has 0 aliphatic carbocycles. The second kappa shape index (κ2) is 6.07. The van der Waals surface area contributed by atoms with Crippen LogP contribution in [0.2, 0.25) is 0 Å². The molecule has 0 spiro atoms. The van der Waals surface area contributed by atoms with Gasteiger partial charge in [0.2, 0.25) is 11.8 Å². The number of rotatable bonds is 3. The fourth-order valence-corrected chi connectivity index (χ4v) is 2.39. The van der Waals surface area contributed by atoms with E-state index in [1.54, 1.807) is 0 Å². The first kappa shape index (κ1) is 14.6. The fourth-order valence-electron chi connectivity index (χ4n) is 2.39. The third kappa shape index (κ3) is 3.00. The molecule has 1 aliphatic rings. The highest BCUT2D eigenvalue weighted by Crippen LogP contribution is 2.30. The Morgan fingerprint density at radius 1 is 1.35 bits per heavy atom. The summed E-state index contributed by atoms with van der Waals surface area (Å²) in [6.07, 6.45) is 2.49. The Kier molecular flexibility index (Phi) is 4.42. The average molecular weight is 274 g/mol. The SMILES string of the molecule is CCC(=O)N1CCCc2ccc(NC(=O)C(C)C)cc21. The van der Waals surface area contributed by atoms with E-state index in [1.165, 1.54) is 5.56 Å². The lowest BCUT2D eigenvalue weighted by atomic mass is 10.0. The van der Waals surface area contributed by atoms with Crippen LogP contribution in [-0.2, 0) is 16.0 Å². The highest BCUT2D eigenvalue weighted by Gasteiger charge is 2.22. The molecule has 0 aromatic heterocycles. The number of carbonyl (C=O) groups excluding carboxylic acids is 2. The van der Waals surface area contributed by atoms with Gasteiger partial charge < -0.3 is 10.2 Å². The zero-order valence-corrected chi connectivity index (χ0v) is 12.4. The van der Waals surface area contributed by atoms with Gasteiger partial charge in [-0.2, -0.15) is 0 Å². The molecule has 1 aliphatic heterocycles. The number of hydrogen-bond acceptors (Lipinski definition) is 2. The summed E-state index contributed by atoms with van der Waals surface area (Å²) in [6.45, 7) is 6.36. The number of anilines is 2. The molecule has 1 aromatic rings. The van der Waals surface area contributed by atoms with Crippen LogP contribution in [0.4, 0.5) is 11.4 Å². The molecule has 0 fully saturated rings. The van der Waals surface area contributed by atoms with Crippen molar-refractivity contribution in [3.63, 3.8) is 0 Å². The molecule has 1 N–H and O–H groups in total. The number of aryl methyl sites for hydroxylation is 1. The highest BCUT2D eigenvalue weighted by atomic mass is 16.2. The lowest BCUT2D eigenvalue weighted by Gasteiger charge is -2.30. The number of amides is 2. The maximum atomic E-state index is 12.0. The smallest absolute Gasteiger partial charge is 0.226 e. The van der Waals surface area contributed by atoms with Gasteiger partial charge >= 0.3 is 0 Å². The third-order valence-corrected chi connectivity index (χ3v) is 3.60. The van der Waals surface area contributed by atoms with E-state index in [-0.39, 0.29) is 17.7 Å². The van der Waals surface area contributed by atoms with Crippen LogP contribution in [0.3, 0.4) is 0 Å². The average Bonchev–Trinajstić information content (AvgIpc) is 2.45. The number of fused-ring (bicyclic) bond motifs is 1. The molecule has 0 atom stereocenters. The third-order valence-electron chi connectivity index (χ3n) is 3.60. The van der Waals surface area contributed by atoms with Crippen molar-refractivity contribution in [3.8, 4) is 0 Å². The van der Waals surface area contributed by atoms with Gasteiger partial charge in [-0.15, -0.1) is 0 Å². The summed E-state index contributed by atoms with van der Waals surface area (Å²) in [5.74, 6) is 0.0758. The Morgan fingerprint density at radius 3 is 2.75 bits per heavy atom. The Labute approximate surface area is 120 Å². The van der Waals surface area contributed by atoms with E-state index >= 15 is 0 Å². The maximum Gasteiger partial charge on any atom is 0.226 e. The monoisotopic (exact) mass is 274 g/mol. The molecule has 4 nitrogen and oxygen atoms in total. The van der Waals surface area contributed by atoms with Gasteiger partial charge in [0, 0.05) is 30.3 Å². The van der Waals surface area contributed by atoms with E-state index < -0.39 is 0 Å². The summed E-state index contributed by atoms with van der Waals surface area (Å²) in [5, 5.41) is 2.89. The topological polar surface area (TPSA) is 49.4 Å². The number of nitrogens with zero attached hydrogens (tertiary/aromatic N) is 1. The molecule has 0 bridgehead atoms. The van der Waals surface area contributed by atoms with Gasteiger partial charge in [0.05, 0.1) is 0 Å². The van der Waals surface area contributed by atoms with E-state index in [9.17, 15) is 9.59 Å². The van der Waals surface area contributed by atoms with Crippen LogP contribution in [0.1, 0.15) is 39.2 Å². The van der Waals surface area contributed by atoms with Crippen molar-refractivity contribution in [2.75, 3.05) is 16.8 Å². The molecular formula is C16H22N2O2. The molecule has 1 heterocycles. The van der Waals surface area contributed by atoms with E-state index in [1.807, 2.05) is 43.9 Å². The predicted octanol–water partition coefficient (Wildman–Crippen LogP) is 2.97. The summed E-state index contributed by atoms with van der Waals surface area (Å²) in [6, 6.07) is 5.85. The van der Waals surface area contributed by atoms with Crippen molar-refractivity contribution in [1.82, 2.24) is 0 Å². The van der Waals surface area contributed by atoms with Gasteiger partial charge in [-0.05, 0) is 30.5 Å².